The fourth-order valence-corrected chi connectivity index (χ4v) is 5.29. The van der Waals surface area contributed by atoms with Crippen molar-refractivity contribution >= 4 is 64.5 Å². The molecule has 0 aliphatic heterocycles. The molecule has 2 aromatic rings. The van der Waals surface area contributed by atoms with E-state index in [-0.39, 0.29) is 88.5 Å². The molecule has 0 saturated heterocycles. The molecule has 0 aliphatic carbocycles. The highest BCUT2D eigenvalue weighted by molar-refractivity contribution is 6.07. The van der Waals surface area contributed by atoms with Gasteiger partial charge >= 0.3 is 12.4 Å². The molecule has 1 atom stereocenters. The van der Waals surface area contributed by atoms with Crippen LogP contribution in [0.4, 0.5) is 49.1 Å². The monoisotopic (exact) mass is 943 g/mol. The van der Waals surface area contributed by atoms with Crippen LogP contribution >= 0.6 is 0 Å². The average Bonchev–Trinajstić information content (AvgIpc) is 3.21. The van der Waals surface area contributed by atoms with Gasteiger partial charge in [-0.3, -0.25) is 34.2 Å². The van der Waals surface area contributed by atoms with Gasteiger partial charge in [0.1, 0.15) is 18.9 Å². The highest BCUT2D eigenvalue weighted by Gasteiger charge is 2.35. The quantitative estimate of drug-likeness (QED) is 0.0173. The van der Waals surface area contributed by atoms with Crippen molar-refractivity contribution in [2.75, 3.05) is 60.7 Å². The lowest BCUT2D eigenvalue weighted by atomic mass is 10.1. The number of alkyl halides is 6. The Morgan fingerprint density at radius 2 is 1.06 bits per heavy atom. The van der Waals surface area contributed by atoms with Gasteiger partial charge in [-0.25, -0.2) is 0 Å². The number of unbranched alkanes of at least 4 members (excludes halogenated alkanes) is 2. The van der Waals surface area contributed by atoms with Gasteiger partial charge in [0.2, 0.25) is 17.7 Å². The number of amides is 4. The first-order chi connectivity index (χ1) is 31.0. The van der Waals surface area contributed by atoms with Crippen LogP contribution in [0.25, 0.3) is 0 Å². The summed E-state index contributed by atoms with van der Waals surface area (Å²) in [7, 11) is 0. The van der Waals surface area contributed by atoms with Gasteiger partial charge in [0.05, 0.1) is 39.8 Å². The smallest absolute Gasteiger partial charge is 0.416 e. The summed E-state index contributed by atoms with van der Waals surface area (Å²) in [6, 6.07) is 2.35. The average molecular weight is 944 g/mol. The molecular weight excluding hydrogens is 885 g/mol. The van der Waals surface area contributed by atoms with Gasteiger partial charge in [-0.2, -0.15) is 26.3 Å². The maximum atomic E-state index is 14.1. The Kier molecular flexibility index (Phi) is 24.9. The molecule has 0 aromatic heterocycles. The second-order valence-corrected chi connectivity index (χ2v) is 13.8. The van der Waals surface area contributed by atoms with Crippen molar-refractivity contribution in [1.82, 2.24) is 0 Å². The van der Waals surface area contributed by atoms with E-state index in [4.69, 9.17) is 43.9 Å². The van der Waals surface area contributed by atoms with Gasteiger partial charge in [0.15, 0.2) is 23.4 Å². The minimum atomic E-state index is -4.98. The van der Waals surface area contributed by atoms with Crippen molar-refractivity contribution in [1.29, 1.82) is 0 Å². The summed E-state index contributed by atoms with van der Waals surface area (Å²) in [4.78, 5) is 64.4. The number of hydrogen-bond donors (Lipinski definition) is 10. The van der Waals surface area contributed by atoms with Crippen molar-refractivity contribution < 1.29 is 55.0 Å². The molecule has 0 heterocycles. The number of anilines is 4. The van der Waals surface area contributed by atoms with Crippen LogP contribution in [0.3, 0.4) is 0 Å². The number of rotatable bonds is 24. The molecule has 0 aliphatic rings. The molecule has 0 saturated carbocycles. The van der Waals surface area contributed by atoms with Gasteiger partial charge in [-0.1, -0.05) is 6.08 Å². The van der Waals surface area contributed by atoms with Crippen LogP contribution in [-0.2, 0) is 31.5 Å². The first-order valence-electron chi connectivity index (χ1n) is 20.3. The van der Waals surface area contributed by atoms with Crippen LogP contribution in [0.2, 0.25) is 0 Å². The van der Waals surface area contributed by atoms with Gasteiger partial charge in [0, 0.05) is 45.2 Å². The van der Waals surface area contributed by atoms with Gasteiger partial charge in [0.25, 0.3) is 5.91 Å². The Morgan fingerprint density at radius 3 is 1.41 bits per heavy atom. The number of guanidine groups is 2. The summed E-state index contributed by atoms with van der Waals surface area (Å²) < 4.78 is 96.0. The van der Waals surface area contributed by atoms with E-state index >= 15 is 0 Å². The number of carbonyl (C=O) groups excluding carboxylic acids is 4. The summed E-state index contributed by atoms with van der Waals surface area (Å²) in [5, 5.41) is 9.35. The van der Waals surface area contributed by atoms with Gasteiger partial charge in [-0.15, -0.1) is 6.58 Å². The van der Waals surface area contributed by atoms with Crippen molar-refractivity contribution in [3.8, 4) is 11.5 Å². The third kappa shape index (κ3) is 21.2. The molecule has 1 unspecified atom stereocenters. The number of nitrogens with zero attached hydrogens (tertiary/aromatic N) is 3. The predicted molar refractivity (Wildman–Crippen MR) is 243 cm³/mol. The predicted octanol–water partition coefficient (Wildman–Crippen LogP) is 4.54. The lowest BCUT2D eigenvalue weighted by Gasteiger charge is -2.21. The Labute approximate surface area is 377 Å². The largest absolute Gasteiger partial charge is 0.488 e. The Bertz CT molecular complexity index is 2070. The van der Waals surface area contributed by atoms with E-state index in [2.05, 4.69) is 42.8 Å². The number of carbonyl (C=O) groups is 4. The highest BCUT2D eigenvalue weighted by Crippen LogP contribution is 2.43. The standard InChI is InChI=1S/C38H53F6N13O6.C3H6/c1-3-51-28(34(61)57-27-20-23(38(42,43)44)18-25(32(27)63-15-11-46)55-30(59)9-5-7-13-53-36(49)50)16-21(2)33(60)56-26-19-22(37(39,40)41)17-24(31(26)62-14-10-45)54-29(58)8-4-6-12-52-35(47)48;1-3-2/h3,16-21H,4-15,45-46H2,1-2H3,(H,54,58)(H,55,59)(H,56,60)(H,57,61)(H4,47,48,52)(H4,49,50,53);3H,1H2,2H3/b28-16-,51-3?;. The normalized spacial score (nSPS) is 11.9. The fourth-order valence-electron chi connectivity index (χ4n) is 5.29. The second-order valence-electron chi connectivity index (χ2n) is 13.8. The number of allylic oxidation sites excluding steroid dienone is 1. The zero-order valence-corrected chi connectivity index (χ0v) is 36.8. The fraction of sp³-hybridized carbons (Fsp3) is 0.439. The Hall–Kier alpha value is -6.89. The van der Waals surface area contributed by atoms with Crippen molar-refractivity contribution in [2.45, 2.75) is 71.6 Å². The lowest BCUT2D eigenvalue weighted by molar-refractivity contribution is -0.138. The molecule has 2 aromatic carbocycles. The first-order valence-corrected chi connectivity index (χ1v) is 20.3. The number of benzene rings is 2. The number of ether oxygens (including phenoxy) is 2. The molecule has 66 heavy (non-hydrogen) atoms. The maximum Gasteiger partial charge on any atom is 0.416 e. The van der Waals surface area contributed by atoms with Gasteiger partial charge in [-0.05, 0) is 76.8 Å². The van der Waals surface area contributed by atoms with E-state index < -0.39 is 81.5 Å². The van der Waals surface area contributed by atoms with Crippen LogP contribution in [0.5, 0.6) is 11.5 Å². The summed E-state index contributed by atoms with van der Waals surface area (Å²) in [6.07, 6.45) is -5.08. The summed E-state index contributed by atoms with van der Waals surface area (Å²) in [6.45, 7) is 7.56. The number of halogens is 6. The van der Waals surface area contributed by atoms with E-state index in [1.807, 2.05) is 6.92 Å². The maximum absolute atomic E-state index is 14.1. The second kappa shape index (κ2) is 28.8. The molecule has 0 radical (unpaired) electrons. The molecule has 0 bridgehead atoms. The Balaban J connectivity index is 0.00000705. The molecular formula is C41H59F6N13O6. The molecule has 4 amide bonds. The summed E-state index contributed by atoms with van der Waals surface area (Å²) in [5.41, 5.74) is 27.2. The van der Waals surface area contributed by atoms with E-state index in [0.717, 1.165) is 12.3 Å². The van der Waals surface area contributed by atoms with Crippen molar-refractivity contribution in [2.24, 2.45) is 55.3 Å². The number of hydrogen-bond acceptors (Lipinski definition) is 11. The molecule has 25 heteroatoms. The van der Waals surface area contributed by atoms with Crippen LogP contribution in [0.1, 0.15) is 70.4 Å². The minimum Gasteiger partial charge on any atom is -0.488 e. The van der Waals surface area contributed by atoms with E-state index in [1.165, 1.54) is 13.8 Å². The van der Waals surface area contributed by atoms with E-state index in [9.17, 15) is 45.5 Å². The van der Waals surface area contributed by atoms with Gasteiger partial charge < -0.3 is 65.1 Å². The first kappa shape index (κ1) is 57.1. The molecule has 0 fully saturated rings. The SMILES string of the molecule is C=CC.CC=N/C(=C\C(C)C(=O)Nc1cc(C(F)(F)F)cc(NC(=O)CCCCN=C(N)N)c1OCCN)C(=O)Nc1cc(C(F)(F)F)cc(NC(=O)CCCCN=C(N)N)c1OCCN. The molecule has 19 nitrogen and oxygen atoms in total. The van der Waals surface area contributed by atoms with Crippen LogP contribution in [0, 0.1) is 5.92 Å². The third-order valence-corrected chi connectivity index (χ3v) is 8.15. The number of nitrogens with one attached hydrogen (secondary N) is 4. The minimum absolute atomic E-state index is 0.111. The molecule has 2 rings (SSSR count). The van der Waals surface area contributed by atoms with E-state index in [1.54, 1.807) is 6.08 Å². The van der Waals surface area contributed by atoms with Crippen molar-refractivity contribution in [3.05, 3.63) is 59.8 Å². The topological polar surface area (TPSA) is 328 Å². The number of nitrogens with two attached hydrogens (primary N) is 6. The summed E-state index contributed by atoms with van der Waals surface area (Å²) >= 11 is 0. The zero-order chi connectivity index (χ0) is 50.0. The third-order valence-electron chi connectivity index (χ3n) is 8.15. The highest BCUT2D eigenvalue weighted by atomic mass is 19.4. The molecule has 16 N–H and O–H groups in total. The Morgan fingerprint density at radius 1 is 0.682 bits per heavy atom. The van der Waals surface area contributed by atoms with Crippen molar-refractivity contribution in [3.63, 3.8) is 0 Å². The van der Waals surface area contributed by atoms with Crippen LogP contribution in [0.15, 0.2) is 63.7 Å². The number of aliphatic imine (C=N–C) groups is 3. The molecule has 366 valence electrons. The zero-order valence-electron chi connectivity index (χ0n) is 36.8. The molecule has 0 spiro atoms. The van der Waals surface area contributed by atoms with E-state index in [0.29, 0.717) is 37.1 Å². The van der Waals surface area contributed by atoms with Crippen LogP contribution in [-0.4, -0.2) is 81.2 Å². The lowest BCUT2D eigenvalue weighted by Crippen LogP contribution is -2.24. The van der Waals surface area contributed by atoms with Crippen LogP contribution < -0.4 is 65.1 Å². The summed E-state index contributed by atoms with van der Waals surface area (Å²) in [5.74, 6) is -5.97.